The third-order valence-electron chi connectivity index (χ3n) is 7.86. The van der Waals surface area contributed by atoms with Crippen LogP contribution in [0.4, 0.5) is 0 Å². The van der Waals surface area contributed by atoms with Gasteiger partial charge in [-0.15, -0.1) is 0 Å². The van der Waals surface area contributed by atoms with Gasteiger partial charge >= 0.3 is 7.75 Å². The van der Waals surface area contributed by atoms with E-state index in [1.165, 1.54) is 141 Å². The summed E-state index contributed by atoms with van der Waals surface area (Å²) in [6.45, 7) is 8.28. The first-order valence-electron chi connectivity index (χ1n) is 17.3. The maximum atomic E-state index is 12.8. The van der Waals surface area contributed by atoms with Crippen LogP contribution in [-0.2, 0) is 9.09 Å². The van der Waals surface area contributed by atoms with Crippen molar-refractivity contribution in [2.75, 3.05) is 19.7 Å². The second-order valence-corrected chi connectivity index (χ2v) is 13.6. The predicted octanol–water partition coefficient (Wildman–Crippen LogP) is 12.0. The fraction of sp³-hybridized carbons (Fsp3) is 1.00. The van der Waals surface area contributed by atoms with Gasteiger partial charge in [0.15, 0.2) is 0 Å². The molecule has 0 heterocycles. The van der Waals surface area contributed by atoms with Gasteiger partial charge in [0.25, 0.3) is 0 Å². The Morgan fingerprint density at radius 3 is 0.974 bits per heavy atom. The first-order valence-corrected chi connectivity index (χ1v) is 18.8. The minimum absolute atomic E-state index is 0.363. The Kier molecular flexibility index (Phi) is 30.2. The number of nitrogens with zero attached hydrogens (tertiary/aromatic N) is 1. The minimum Gasteiger partial charge on any atom is -0.312 e. The maximum Gasteiger partial charge on any atom is 0.405 e. The molecule has 0 aromatic carbocycles. The lowest BCUT2D eigenvalue weighted by molar-refractivity contribution is 0.197. The third kappa shape index (κ3) is 26.3. The zero-order valence-corrected chi connectivity index (χ0v) is 27.3. The molecule has 1 N–H and O–H groups in total. The van der Waals surface area contributed by atoms with E-state index in [1.54, 1.807) is 4.67 Å². The molecule has 230 valence electrons. The van der Waals surface area contributed by atoms with Crippen molar-refractivity contribution < 1.29 is 14.0 Å². The van der Waals surface area contributed by atoms with Gasteiger partial charge in [0.05, 0.1) is 6.61 Å². The summed E-state index contributed by atoms with van der Waals surface area (Å²) in [5, 5.41) is 0. The molecule has 0 aliphatic heterocycles. The molecule has 0 aliphatic carbocycles. The molecule has 0 radical (unpaired) electrons. The van der Waals surface area contributed by atoms with Crippen molar-refractivity contribution in [2.24, 2.45) is 0 Å². The van der Waals surface area contributed by atoms with E-state index < -0.39 is 7.75 Å². The Morgan fingerprint density at radius 1 is 0.447 bits per heavy atom. The van der Waals surface area contributed by atoms with Crippen LogP contribution in [0.5, 0.6) is 0 Å². The Bertz CT molecular complexity index is 473. The number of unbranched alkanes of at least 4 members (excludes halogenated alkanes) is 24. The maximum absolute atomic E-state index is 12.8. The van der Waals surface area contributed by atoms with Crippen LogP contribution in [0.25, 0.3) is 0 Å². The zero-order valence-electron chi connectivity index (χ0n) is 26.4. The van der Waals surface area contributed by atoms with Gasteiger partial charge in [0, 0.05) is 13.1 Å². The molecule has 1 unspecified atom stereocenters. The zero-order chi connectivity index (χ0) is 28.0. The SMILES string of the molecule is CCCCCCCCCCCCCCCN(CCCCCCCCCCCCCCC)P(=O)(O)OCCC. The average Bonchev–Trinajstić information content (AvgIpc) is 2.91. The molecule has 38 heavy (non-hydrogen) atoms. The van der Waals surface area contributed by atoms with E-state index in [0.717, 1.165) is 32.1 Å². The van der Waals surface area contributed by atoms with E-state index in [4.69, 9.17) is 4.52 Å². The average molecular weight is 560 g/mol. The van der Waals surface area contributed by atoms with E-state index >= 15 is 0 Å². The molecule has 0 bridgehead atoms. The fourth-order valence-corrected chi connectivity index (χ4v) is 6.65. The third-order valence-corrected chi connectivity index (χ3v) is 9.49. The lowest BCUT2D eigenvalue weighted by Crippen LogP contribution is -2.24. The highest BCUT2D eigenvalue weighted by molar-refractivity contribution is 7.50. The lowest BCUT2D eigenvalue weighted by Gasteiger charge is -2.26. The van der Waals surface area contributed by atoms with Crippen molar-refractivity contribution in [2.45, 2.75) is 194 Å². The summed E-state index contributed by atoms with van der Waals surface area (Å²) in [6.07, 6.45) is 35.1. The fourth-order valence-electron chi connectivity index (χ4n) is 5.28. The lowest BCUT2D eigenvalue weighted by atomic mass is 10.0. The van der Waals surface area contributed by atoms with E-state index in [-0.39, 0.29) is 0 Å². The highest BCUT2D eigenvalue weighted by atomic mass is 31.2. The quantitative estimate of drug-likeness (QED) is 0.0657. The van der Waals surface area contributed by atoms with Crippen LogP contribution in [-0.4, -0.2) is 29.3 Å². The highest BCUT2D eigenvalue weighted by Gasteiger charge is 2.28. The van der Waals surface area contributed by atoms with Crippen molar-refractivity contribution in [3.8, 4) is 0 Å². The normalized spacial score (nSPS) is 13.4. The molecule has 0 aromatic heterocycles. The van der Waals surface area contributed by atoms with Crippen LogP contribution >= 0.6 is 7.75 Å². The van der Waals surface area contributed by atoms with Gasteiger partial charge in [-0.05, 0) is 19.3 Å². The molecule has 5 heteroatoms. The molecule has 0 spiro atoms. The van der Waals surface area contributed by atoms with Crippen molar-refractivity contribution in [1.82, 2.24) is 4.67 Å². The Morgan fingerprint density at radius 2 is 0.711 bits per heavy atom. The first-order chi connectivity index (χ1) is 18.6. The van der Waals surface area contributed by atoms with Crippen LogP contribution in [0.15, 0.2) is 0 Å². The van der Waals surface area contributed by atoms with Crippen molar-refractivity contribution in [1.29, 1.82) is 0 Å². The van der Waals surface area contributed by atoms with E-state index in [2.05, 4.69) is 13.8 Å². The summed E-state index contributed by atoms with van der Waals surface area (Å²) in [5.41, 5.74) is 0. The molecule has 0 saturated carbocycles. The predicted molar refractivity (Wildman–Crippen MR) is 169 cm³/mol. The van der Waals surface area contributed by atoms with Gasteiger partial charge in [-0.2, -0.15) is 0 Å². The Hall–Kier alpha value is 0.110. The van der Waals surface area contributed by atoms with E-state index in [0.29, 0.717) is 19.7 Å². The molecule has 0 aliphatic rings. The van der Waals surface area contributed by atoms with E-state index in [9.17, 15) is 9.46 Å². The van der Waals surface area contributed by atoms with Crippen molar-refractivity contribution >= 4 is 7.75 Å². The molecule has 0 fully saturated rings. The topological polar surface area (TPSA) is 49.8 Å². The van der Waals surface area contributed by atoms with E-state index in [1.807, 2.05) is 6.92 Å². The van der Waals surface area contributed by atoms with Gasteiger partial charge in [-0.25, -0.2) is 9.24 Å². The Labute approximate surface area is 240 Å². The summed E-state index contributed by atoms with van der Waals surface area (Å²) in [6, 6.07) is 0. The van der Waals surface area contributed by atoms with Gasteiger partial charge < -0.3 is 4.89 Å². The van der Waals surface area contributed by atoms with Gasteiger partial charge in [0.1, 0.15) is 0 Å². The molecule has 0 aromatic rings. The number of hydrogen-bond acceptors (Lipinski definition) is 2. The van der Waals surface area contributed by atoms with Crippen LogP contribution in [0.2, 0.25) is 0 Å². The molecule has 0 saturated heterocycles. The minimum atomic E-state index is -3.65. The first kappa shape index (κ1) is 38.1. The molecule has 0 rings (SSSR count). The highest BCUT2D eigenvalue weighted by Crippen LogP contribution is 2.46. The summed E-state index contributed by atoms with van der Waals surface area (Å²) in [4.78, 5) is 10.5. The largest absolute Gasteiger partial charge is 0.405 e. The molecular weight excluding hydrogens is 489 g/mol. The molecular formula is C33H70NO3P. The Balaban J connectivity index is 3.87. The summed E-state index contributed by atoms with van der Waals surface area (Å²) >= 11 is 0. The van der Waals surface area contributed by atoms with Crippen molar-refractivity contribution in [3.63, 3.8) is 0 Å². The summed E-state index contributed by atoms with van der Waals surface area (Å²) in [5.74, 6) is 0. The second-order valence-electron chi connectivity index (χ2n) is 11.8. The summed E-state index contributed by atoms with van der Waals surface area (Å²) < 4.78 is 20.0. The number of rotatable bonds is 32. The van der Waals surface area contributed by atoms with Crippen LogP contribution < -0.4 is 0 Å². The monoisotopic (exact) mass is 560 g/mol. The molecule has 1 atom stereocenters. The molecule has 0 amide bonds. The molecule has 4 nitrogen and oxygen atoms in total. The second kappa shape index (κ2) is 30.1. The summed E-state index contributed by atoms with van der Waals surface area (Å²) in [7, 11) is -3.65. The van der Waals surface area contributed by atoms with Crippen LogP contribution in [0, 0.1) is 0 Å². The van der Waals surface area contributed by atoms with Gasteiger partial charge in [0.2, 0.25) is 0 Å². The van der Waals surface area contributed by atoms with Crippen molar-refractivity contribution in [3.05, 3.63) is 0 Å². The van der Waals surface area contributed by atoms with Gasteiger partial charge in [-0.3, -0.25) is 4.52 Å². The standard InChI is InChI=1S/C33H70NO3P/c1-4-7-9-11-13-15-17-19-21-23-25-27-29-31-34(38(35,36)37-33-6-3)32-30-28-26-24-22-20-18-16-14-12-10-8-5-2/h4-33H2,1-3H3,(H,35,36). The van der Waals surface area contributed by atoms with Crippen LogP contribution in [0.3, 0.4) is 0 Å². The van der Waals surface area contributed by atoms with Gasteiger partial charge in [-0.1, -0.05) is 175 Å². The smallest absolute Gasteiger partial charge is 0.312 e. The number of hydrogen-bond donors (Lipinski definition) is 1. The van der Waals surface area contributed by atoms with Crippen LogP contribution in [0.1, 0.15) is 194 Å².